The lowest BCUT2D eigenvalue weighted by molar-refractivity contribution is -0.137. The number of nitrogens with one attached hydrogen (secondary N) is 2. The summed E-state index contributed by atoms with van der Waals surface area (Å²) >= 11 is 6.66. The van der Waals surface area contributed by atoms with Gasteiger partial charge in [-0.25, -0.2) is 14.8 Å². The normalized spacial score (nSPS) is 13.8. The number of rotatable bonds is 8. The molecular formula is C30H31ClF3N7O5. The summed E-state index contributed by atoms with van der Waals surface area (Å²) in [4.78, 5) is 37.8. The van der Waals surface area contributed by atoms with Crippen molar-refractivity contribution in [3.63, 3.8) is 0 Å². The predicted molar refractivity (Wildman–Crippen MR) is 163 cm³/mol. The third kappa shape index (κ3) is 7.77. The second-order valence-electron chi connectivity index (χ2n) is 11.6. The number of anilines is 3. The number of ether oxygens (including phenoxy) is 3. The highest BCUT2D eigenvalue weighted by atomic mass is 35.5. The summed E-state index contributed by atoms with van der Waals surface area (Å²) in [5.41, 5.74) is -0.526. The first-order valence-electron chi connectivity index (χ1n) is 14.1. The third-order valence-corrected chi connectivity index (χ3v) is 7.00. The van der Waals surface area contributed by atoms with Crippen LogP contribution in [0.15, 0.2) is 42.7 Å². The van der Waals surface area contributed by atoms with Crippen LogP contribution in [0.3, 0.4) is 0 Å². The Morgan fingerprint density at radius 1 is 1.11 bits per heavy atom. The second kappa shape index (κ2) is 12.6. The van der Waals surface area contributed by atoms with Crippen molar-refractivity contribution in [3.05, 3.63) is 58.9 Å². The number of hydrogen-bond acceptors (Lipinski definition) is 9. The number of likely N-dealkylation sites (tertiary alicyclic amines) is 1. The van der Waals surface area contributed by atoms with Gasteiger partial charge in [0.2, 0.25) is 11.9 Å². The van der Waals surface area contributed by atoms with Crippen molar-refractivity contribution in [3.8, 4) is 11.5 Å². The van der Waals surface area contributed by atoms with Crippen LogP contribution in [0.5, 0.6) is 11.5 Å². The van der Waals surface area contributed by atoms with Gasteiger partial charge < -0.3 is 34.3 Å². The summed E-state index contributed by atoms with van der Waals surface area (Å²) in [5, 5.41) is 5.65. The van der Waals surface area contributed by atoms with E-state index in [1.54, 1.807) is 38.5 Å². The number of carbonyl (C=O) groups is 2. The molecule has 0 spiro atoms. The molecule has 12 nitrogen and oxygen atoms in total. The minimum absolute atomic E-state index is 0.110. The van der Waals surface area contributed by atoms with Crippen LogP contribution in [0, 0.1) is 0 Å². The molecule has 46 heavy (non-hydrogen) atoms. The quantitative estimate of drug-likeness (QED) is 0.213. The summed E-state index contributed by atoms with van der Waals surface area (Å²) in [6.45, 7) is 7.08. The van der Waals surface area contributed by atoms with Crippen molar-refractivity contribution in [2.24, 2.45) is 7.05 Å². The summed E-state index contributed by atoms with van der Waals surface area (Å²) in [6.07, 6.45) is -2.61. The zero-order valence-corrected chi connectivity index (χ0v) is 26.3. The lowest BCUT2D eigenvalue weighted by Gasteiger charge is -2.39. The van der Waals surface area contributed by atoms with Crippen molar-refractivity contribution in [1.29, 1.82) is 0 Å². The highest BCUT2D eigenvalue weighted by Crippen LogP contribution is 2.37. The van der Waals surface area contributed by atoms with Crippen LogP contribution in [-0.2, 0) is 34.1 Å². The van der Waals surface area contributed by atoms with Crippen molar-refractivity contribution >= 4 is 52.2 Å². The molecule has 1 saturated heterocycles. The summed E-state index contributed by atoms with van der Waals surface area (Å²) in [6, 6.07) is 6.59. The first kappa shape index (κ1) is 32.8. The van der Waals surface area contributed by atoms with E-state index in [2.05, 4.69) is 25.6 Å². The monoisotopic (exact) mass is 661 g/mol. The van der Waals surface area contributed by atoms with E-state index in [4.69, 9.17) is 25.8 Å². The standard InChI is InChI=1S/C30H31ClF3N7O5/c1-16(42)37-23-11-20(6-7-35-23)45-22-12-36-26-25(24(22)31)40(5)27(39-26)38-19-9-17(8-18(10-19)30(32,33)34)15-44-21-13-41(14-21)28(43)46-29(2,3)4/h6-12,21H,13-15H2,1-5H3,(H,35,37,42)(H,36,38,39). The molecule has 0 saturated carbocycles. The first-order chi connectivity index (χ1) is 21.6. The Labute approximate surface area is 266 Å². The Hall–Kier alpha value is -4.63. The summed E-state index contributed by atoms with van der Waals surface area (Å²) in [7, 11) is 1.63. The fourth-order valence-electron chi connectivity index (χ4n) is 4.52. The average molecular weight is 662 g/mol. The van der Waals surface area contributed by atoms with Gasteiger partial charge in [-0.2, -0.15) is 18.2 Å². The Balaban J connectivity index is 1.32. The molecule has 1 aromatic carbocycles. The Morgan fingerprint density at radius 3 is 2.52 bits per heavy atom. The van der Waals surface area contributed by atoms with Crippen molar-refractivity contribution in [2.45, 2.75) is 52.2 Å². The third-order valence-electron chi connectivity index (χ3n) is 6.63. The zero-order chi connectivity index (χ0) is 33.4. The molecule has 0 unspecified atom stereocenters. The Kier molecular flexibility index (Phi) is 9.00. The molecule has 16 heteroatoms. The number of pyridine rings is 2. The SMILES string of the molecule is CC(=O)Nc1cc(Oc2cnc3nc(Nc4cc(COC5CN(C(=O)OC(C)(C)C)C5)cc(C(F)(F)F)c4)n(C)c3c2Cl)ccn1. The lowest BCUT2D eigenvalue weighted by atomic mass is 10.1. The van der Waals surface area contributed by atoms with E-state index in [1.165, 1.54) is 36.4 Å². The number of nitrogens with zero attached hydrogens (tertiary/aromatic N) is 5. The molecule has 4 heterocycles. The van der Waals surface area contributed by atoms with Gasteiger partial charge >= 0.3 is 12.3 Å². The lowest BCUT2D eigenvalue weighted by Crippen LogP contribution is -2.55. The molecule has 2 amide bonds. The van der Waals surface area contributed by atoms with Gasteiger partial charge in [-0.1, -0.05) is 11.6 Å². The number of carbonyl (C=O) groups excluding carboxylic acids is 2. The Bertz CT molecular complexity index is 1790. The van der Waals surface area contributed by atoms with E-state index in [1.807, 2.05) is 0 Å². The molecule has 1 aliphatic heterocycles. The molecule has 244 valence electrons. The fraction of sp³-hybridized carbons (Fsp3) is 0.367. The molecule has 2 N–H and O–H groups in total. The van der Waals surface area contributed by atoms with Gasteiger partial charge in [-0.15, -0.1) is 0 Å². The molecule has 5 rings (SSSR count). The molecule has 0 atom stereocenters. The molecule has 0 radical (unpaired) electrons. The molecular weight excluding hydrogens is 631 g/mol. The number of imidazole rings is 1. The number of alkyl halides is 3. The highest BCUT2D eigenvalue weighted by molar-refractivity contribution is 6.36. The maximum Gasteiger partial charge on any atom is 0.416 e. The van der Waals surface area contributed by atoms with Crippen molar-refractivity contribution in [2.75, 3.05) is 23.7 Å². The smallest absolute Gasteiger partial charge is 0.416 e. The van der Waals surface area contributed by atoms with Crippen molar-refractivity contribution in [1.82, 2.24) is 24.4 Å². The molecule has 3 aromatic heterocycles. The number of aromatic nitrogens is 4. The molecule has 1 aliphatic rings. The van der Waals surface area contributed by atoms with Gasteiger partial charge in [-0.3, -0.25) is 4.79 Å². The van der Waals surface area contributed by atoms with E-state index in [-0.39, 0.29) is 71.1 Å². The molecule has 1 fully saturated rings. The number of benzene rings is 1. The molecule has 0 aliphatic carbocycles. The van der Waals surface area contributed by atoms with Gasteiger partial charge in [0.25, 0.3) is 0 Å². The average Bonchev–Trinajstić information content (AvgIpc) is 3.23. The van der Waals surface area contributed by atoms with Crippen LogP contribution in [0.4, 0.5) is 35.4 Å². The van der Waals surface area contributed by atoms with Crippen LogP contribution in [0.2, 0.25) is 5.02 Å². The fourth-order valence-corrected chi connectivity index (χ4v) is 4.82. The van der Waals surface area contributed by atoms with Gasteiger partial charge in [0.05, 0.1) is 37.6 Å². The molecule has 4 aromatic rings. The van der Waals surface area contributed by atoms with Crippen molar-refractivity contribution < 1.29 is 37.0 Å². The van der Waals surface area contributed by atoms with Gasteiger partial charge in [-0.05, 0) is 50.6 Å². The minimum Gasteiger partial charge on any atom is -0.454 e. The van der Waals surface area contributed by atoms with E-state index >= 15 is 0 Å². The number of aryl methyl sites for hydroxylation is 1. The van der Waals surface area contributed by atoms with E-state index in [0.29, 0.717) is 11.3 Å². The summed E-state index contributed by atoms with van der Waals surface area (Å²) < 4.78 is 60.0. The highest BCUT2D eigenvalue weighted by Gasteiger charge is 2.35. The number of fused-ring (bicyclic) bond motifs is 1. The zero-order valence-electron chi connectivity index (χ0n) is 25.5. The second-order valence-corrected chi connectivity index (χ2v) is 12.0. The first-order valence-corrected chi connectivity index (χ1v) is 14.4. The maximum atomic E-state index is 13.8. The summed E-state index contributed by atoms with van der Waals surface area (Å²) in [5.74, 6) is 0.676. The van der Waals surface area contributed by atoms with Crippen LogP contribution in [0.25, 0.3) is 11.2 Å². The number of amides is 2. The predicted octanol–water partition coefficient (Wildman–Crippen LogP) is 6.67. The van der Waals surface area contributed by atoms with E-state index in [9.17, 15) is 22.8 Å². The van der Waals surface area contributed by atoms with Crippen LogP contribution in [-0.4, -0.2) is 61.2 Å². The topological polar surface area (TPSA) is 133 Å². The van der Waals surface area contributed by atoms with E-state index < -0.39 is 23.4 Å². The van der Waals surface area contributed by atoms with Crippen LogP contribution in [0.1, 0.15) is 38.8 Å². The maximum absolute atomic E-state index is 13.8. The van der Waals surface area contributed by atoms with E-state index in [0.717, 1.165) is 12.1 Å². The van der Waals surface area contributed by atoms with Gasteiger partial charge in [0, 0.05) is 31.9 Å². The largest absolute Gasteiger partial charge is 0.454 e. The van der Waals surface area contributed by atoms with Crippen LogP contribution < -0.4 is 15.4 Å². The molecule has 0 bridgehead atoms. The van der Waals surface area contributed by atoms with Gasteiger partial charge in [0.1, 0.15) is 27.7 Å². The number of halogens is 4. The number of hydrogen-bond donors (Lipinski definition) is 2. The van der Waals surface area contributed by atoms with Gasteiger partial charge in [0.15, 0.2) is 11.4 Å². The van der Waals surface area contributed by atoms with Crippen LogP contribution >= 0.6 is 11.6 Å². The minimum atomic E-state index is -4.62. The Morgan fingerprint density at radius 2 is 1.85 bits per heavy atom.